The molecule has 0 bridgehead atoms. The average molecular weight is 696 g/mol. The predicted octanol–water partition coefficient (Wildman–Crippen LogP) is 7.54. The Morgan fingerprint density at radius 3 is 2.20 bits per heavy atom. The van der Waals surface area contributed by atoms with Crippen LogP contribution in [0.5, 0.6) is 0 Å². The summed E-state index contributed by atoms with van der Waals surface area (Å²) in [5.41, 5.74) is 3.12. The van der Waals surface area contributed by atoms with Crippen molar-refractivity contribution in [1.29, 1.82) is 0 Å². The molecule has 0 spiro atoms. The van der Waals surface area contributed by atoms with Gasteiger partial charge in [-0.25, -0.2) is 26.9 Å². The van der Waals surface area contributed by atoms with Gasteiger partial charge in [0.05, 0.1) is 18.8 Å². The van der Waals surface area contributed by atoms with Crippen molar-refractivity contribution in [3.05, 3.63) is 142 Å². The summed E-state index contributed by atoms with van der Waals surface area (Å²) in [6.45, 7) is -0.283. The number of amides is 1. The first-order valence-corrected chi connectivity index (χ1v) is 16.2. The Hall–Kier alpha value is -4.56. The van der Waals surface area contributed by atoms with Crippen molar-refractivity contribution in [2.24, 2.45) is 7.05 Å². The highest BCUT2D eigenvalue weighted by Crippen LogP contribution is 2.40. The molecule has 0 radical (unpaired) electrons. The lowest BCUT2D eigenvalue weighted by Gasteiger charge is -2.36. The number of carbonyl (C=O) groups excluding carboxylic acids is 1. The number of aryl methyl sites for hydroxylation is 1. The van der Waals surface area contributed by atoms with Gasteiger partial charge in [-0.3, -0.25) is 4.79 Å². The first-order valence-electron chi connectivity index (χ1n) is 15.2. The molecule has 1 saturated heterocycles. The zero-order chi connectivity index (χ0) is 34.7. The highest BCUT2D eigenvalue weighted by atomic mass is 32.2. The topological polar surface area (TPSA) is 85.6 Å². The Morgan fingerprint density at radius 1 is 0.878 bits per heavy atom. The third kappa shape index (κ3) is 7.54. The Kier molecular flexibility index (Phi) is 10.4. The van der Waals surface area contributed by atoms with E-state index >= 15 is 0 Å². The third-order valence-electron chi connectivity index (χ3n) is 8.12. The van der Waals surface area contributed by atoms with Crippen LogP contribution in [-0.4, -0.2) is 32.4 Å². The number of nitrogens with one attached hydrogen (secondary N) is 1. The zero-order valence-corrected chi connectivity index (χ0v) is 26.8. The fourth-order valence-corrected chi connectivity index (χ4v) is 6.40. The van der Waals surface area contributed by atoms with Crippen LogP contribution in [0.2, 0.25) is 0 Å². The molecule has 6 rings (SSSR count). The number of rotatable bonds is 10. The molecule has 1 aliphatic rings. The third-order valence-corrected chi connectivity index (χ3v) is 9.31. The van der Waals surface area contributed by atoms with Gasteiger partial charge in [0.15, 0.2) is 34.7 Å². The summed E-state index contributed by atoms with van der Waals surface area (Å²) >= 11 is 1.60. The first-order chi connectivity index (χ1) is 23.6. The van der Waals surface area contributed by atoms with Gasteiger partial charge in [0, 0.05) is 43.7 Å². The van der Waals surface area contributed by atoms with Crippen LogP contribution in [0.25, 0.3) is 11.1 Å². The van der Waals surface area contributed by atoms with E-state index in [0.29, 0.717) is 17.7 Å². The number of hydrogen-bond donors (Lipinski definition) is 2. The van der Waals surface area contributed by atoms with Crippen LogP contribution in [0.4, 0.5) is 22.0 Å². The second kappa shape index (κ2) is 14.9. The van der Waals surface area contributed by atoms with Crippen LogP contribution in [-0.2, 0) is 29.7 Å². The summed E-state index contributed by atoms with van der Waals surface area (Å²) in [6.07, 6.45) is 3.18. The maximum Gasteiger partial charge on any atom is 0.257 e. The molecule has 7 nitrogen and oxygen atoms in total. The van der Waals surface area contributed by atoms with E-state index in [1.165, 1.54) is 0 Å². The first kappa shape index (κ1) is 34.3. The van der Waals surface area contributed by atoms with Gasteiger partial charge in [0.1, 0.15) is 5.56 Å². The van der Waals surface area contributed by atoms with Gasteiger partial charge in [0.25, 0.3) is 5.91 Å². The summed E-state index contributed by atoms with van der Waals surface area (Å²) in [6, 6.07) is 22.1. The number of hydrogen-bond acceptors (Lipinski definition) is 6. The van der Waals surface area contributed by atoms with Crippen LogP contribution in [0.1, 0.15) is 51.4 Å². The number of nitrogens with zero attached hydrogens (tertiary/aromatic N) is 2. The fraction of sp³-hybridized carbons (Fsp3) is 0.222. The monoisotopic (exact) mass is 695 g/mol. The normalized spacial score (nSPS) is 17.7. The molecule has 3 atom stereocenters. The number of benzene rings is 4. The number of imidazole rings is 1. The molecule has 49 heavy (non-hydrogen) atoms. The maximum atomic E-state index is 14.1. The Bertz CT molecular complexity index is 1930. The van der Waals surface area contributed by atoms with Gasteiger partial charge in [-0.05, 0) is 33.9 Å². The number of carbonyl (C=O) groups is 1. The summed E-state index contributed by atoms with van der Waals surface area (Å²) in [4.78, 5) is 16.8. The molecule has 1 aromatic heterocycles. The number of aromatic nitrogens is 2. The molecule has 1 amide bonds. The van der Waals surface area contributed by atoms with Gasteiger partial charge in [-0.2, -0.15) is 0 Å². The molecule has 254 valence electrons. The second-order valence-electron chi connectivity index (χ2n) is 11.4. The van der Waals surface area contributed by atoms with Crippen molar-refractivity contribution in [3.63, 3.8) is 0 Å². The number of aliphatic hydroxyl groups is 1. The standard InChI is InChI=1S/C36H30F5N3O4S/c1-44-14-13-42-36(44)49-19-26-16-27(23-7-5-20(18-45)6-8-23)48-35(47-26)24-11-9-22(10-12-24)25-4-2-3-21(15-25)17-43-34(46)28-29(37)31(39)33(41)32(40)30(28)38/h2-15,26-27,35,45H,16-19H2,1H3,(H,43,46)/t26-,27+,35+/m0/s1. The lowest BCUT2D eigenvalue weighted by molar-refractivity contribution is -0.245. The Morgan fingerprint density at radius 2 is 1.55 bits per heavy atom. The SMILES string of the molecule is Cn1ccnc1SC[C@@H]1C[C@H](c2ccc(CO)cc2)O[C@H](c2ccc(-c3cccc(CNC(=O)c4c(F)c(F)c(F)c(F)c4F)c3)cc2)O1. The Labute approximate surface area is 282 Å². The minimum absolute atomic E-state index is 0.0528. The van der Waals surface area contributed by atoms with E-state index < -0.39 is 46.8 Å². The minimum atomic E-state index is -2.33. The molecule has 2 heterocycles. The molecular weight excluding hydrogens is 665 g/mol. The molecule has 1 fully saturated rings. The smallest absolute Gasteiger partial charge is 0.257 e. The molecule has 1 aliphatic heterocycles. The van der Waals surface area contributed by atoms with Crippen molar-refractivity contribution < 1.29 is 41.3 Å². The second-order valence-corrected chi connectivity index (χ2v) is 12.4. The van der Waals surface area contributed by atoms with Gasteiger partial charge in [0.2, 0.25) is 5.82 Å². The van der Waals surface area contributed by atoms with E-state index in [9.17, 15) is 31.9 Å². The lowest BCUT2D eigenvalue weighted by Crippen LogP contribution is -2.31. The molecule has 0 unspecified atom stereocenters. The lowest BCUT2D eigenvalue weighted by atomic mass is 9.99. The molecule has 2 N–H and O–H groups in total. The van der Waals surface area contributed by atoms with Crippen LogP contribution < -0.4 is 5.32 Å². The molecule has 4 aromatic carbocycles. The zero-order valence-electron chi connectivity index (χ0n) is 26.0. The van der Waals surface area contributed by atoms with E-state index in [0.717, 1.165) is 33.0 Å². The highest BCUT2D eigenvalue weighted by molar-refractivity contribution is 7.99. The van der Waals surface area contributed by atoms with Gasteiger partial charge < -0.3 is 24.5 Å². The van der Waals surface area contributed by atoms with Gasteiger partial charge in [-0.1, -0.05) is 78.5 Å². The van der Waals surface area contributed by atoms with E-state index in [2.05, 4.69) is 10.3 Å². The van der Waals surface area contributed by atoms with Crippen molar-refractivity contribution >= 4 is 17.7 Å². The fourth-order valence-electron chi connectivity index (χ4n) is 5.45. The minimum Gasteiger partial charge on any atom is -0.392 e. The van der Waals surface area contributed by atoms with E-state index in [1.54, 1.807) is 36.2 Å². The van der Waals surface area contributed by atoms with Crippen LogP contribution in [0.3, 0.4) is 0 Å². The van der Waals surface area contributed by atoms with E-state index in [1.807, 2.05) is 72.4 Å². The molecule has 13 heteroatoms. The largest absolute Gasteiger partial charge is 0.392 e. The van der Waals surface area contributed by atoms with Crippen LogP contribution in [0, 0.1) is 29.1 Å². The van der Waals surface area contributed by atoms with Crippen molar-refractivity contribution in [1.82, 2.24) is 14.9 Å². The molecule has 0 aliphatic carbocycles. The van der Waals surface area contributed by atoms with E-state index in [4.69, 9.17) is 9.47 Å². The molecule has 5 aromatic rings. The quantitative estimate of drug-likeness (QED) is 0.0680. The summed E-state index contributed by atoms with van der Waals surface area (Å²) in [5, 5.41) is 12.6. The molecular formula is C36H30F5N3O4S. The summed E-state index contributed by atoms with van der Waals surface area (Å²) in [7, 11) is 1.93. The van der Waals surface area contributed by atoms with E-state index in [-0.39, 0.29) is 25.4 Å². The number of thioether (sulfide) groups is 1. The van der Waals surface area contributed by atoms with Crippen molar-refractivity contribution in [3.8, 4) is 11.1 Å². The van der Waals surface area contributed by atoms with Crippen molar-refractivity contribution in [2.45, 2.75) is 43.2 Å². The Balaban J connectivity index is 1.16. The number of halogens is 5. The maximum absolute atomic E-state index is 14.1. The van der Waals surface area contributed by atoms with Crippen LogP contribution in [0.15, 0.2) is 90.3 Å². The number of aliphatic hydroxyl groups excluding tert-OH is 1. The predicted molar refractivity (Wildman–Crippen MR) is 172 cm³/mol. The molecule has 0 saturated carbocycles. The van der Waals surface area contributed by atoms with Crippen LogP contribution >= 0.6 is 11.8 Å². The summed E-state index contributed by atoms with van der Waals surface area (Å²) < 4.78 is 83.5. The van der Waals surface area contributed by atoms with Gasteiger partial charge >= 0.3 is 0 Å². The van der Waals surface area contributed by atoms with Gasteiger partial charge in [-0.15, -0.1) is 0 Å². The number of ether oxygens (including phenoxy) is 2. The summed E-state index contributed by atoms with van der Waals surface area (Å²) in [5.74, 6) is -11.9. The average Bonchev–Trinajstić information content (AvgIpc) is 3.55. The van der Waals surface area contributed by atoms with Crippen molar-refractivity contribution in [2.75, 3.05) is 5.75 Å². The highest BCUT2D eigenvalue weighted by Gasteiger charge is 2.33.